The van der Waals surface area contributed by atoms with Gasteiger partial charge < -0.3 is 5.11 Å². The minimum Gasteiger partial charge on any atom is -0.389 e. The SMILES string of the molecule is Cc1cc(SC2CCCCC2)c(C(C)O)cc1F. The van der Waals surface area contributed by atoms with Gasteiger partial charge in [-0.05, 0) is 49.9 Å². The molecule has 0 heterocycles. The smallest absolute Gasteiger partial charge is 0.126 e. The van der Waals surface area contributed by atoms with E-state index in [0.717, 1.165) is 10.5 Å². The maximum atomic E-state index is 13.6. The van der Waals surface area contributed by atoms with Crippen molar-refractivity contribution in [2.75, 3.05) is 0 Å². The van der Waals surface area contributed by atoms with Crippen molar-refractivity contribution in [3.8, 4) is 0 Å². The number of aryl methyl sites for hydroxylation is 1. The van der Waals surface area contributed by atoms with Gasteiger partial charge >= 0.3 is 0 Å². The average molecular weight is 268 g/mol. The Hall–Kier alpha value is -0.540. The lowest BCUT2D eigenvalue weighted by atomic mass is 10.0. The molecule has 1 aliphatic rings. The first-order valence-corrected chi connectivity index (χ1v) is 7.60. The number of aliphatic hydroxyl groups is 1. The third-order valence-corrected chi connectivity index (χ3v) is 5.00. The van der Waals surface area contributed by atoms with Crippen LogP contribution in [0.3, 0.4) is 0 Å². The molecule has 1 unspecified atom stereocenters. The molecule has 0 aliphatic heterocycles. The molecule has 1 saturated carbocycles. The van der Waals surface area contributed by atoms with Gasteiger partial charge in [0, 0.05) is 10.1 Å². The number of thioether (sulfide) groups is 1. The molecule has 1 aliphatic carbocycles. The Balaban J connectivity index is 2.21. The maximum absolute atomic E-state index is 13.6. The van der Waals surface area contributed by atoms with Gasteiger partial charge in [-0.3, -0.25) is 0 Å². The normalized spacial score (nSPS) is 18.9. The van der Waals surface area contributed by atoms with Crippen LogP contribution in [0.5, 0.6) is 0 Å². The van der Waals surface area contributed by atoms with Gasteiger partial charge in [-0.15, -0.1) is 11.8 Å². The summed E-state index contributed by atoms with van der Waals surface area (Å²) in [6.07, 6.45) is 5.79. The highest BCUT2D eigenvalue weighted by atomic mass is 32.2. The van der Waals surface area contributed by atoms with Crippen molar-refractivity contribution in [3.05, 3.63) is 29.1 Å². The molecule has 1 N–H and O–H groups in total. The standard InChI is InChI=1S/C15H21FOS/c1-10-8-15(13(11(2)17)9-14(10)16)18-12-6-4-3-5-7-12/h8-9,11-12,17H,3-7H2,1-2H3. The summed E-state index contributed by atoms with van der Waals surface area (Å²) in [7, 11) is 0. The van der Waals surface area contributed by atoms with Gasteiger partial charge in [0.05, 0.1) is 6.10 Å². The molecule has 18 heavy (non-hydrogen) atoms. The molecule has 100 valence electrons. The number of rotatable bonds is 3. The second-order valence-electron chi connectivity index (χ2n) is 5.19. The lowest BCUT2D eigenvalue weighted by Gasteiger charge is -2.23. The fraction of sp³-hybridized carbons (Fsp3) is 0.600. The second-order valence-corrected chi connectivity index (χ2v) is 6.54. The minimum atomic E-state index is -0.605. The Morgan fingerprint density at radius 2 is 1.94 bits per heavy atom. The molecule has 1 atom stereocenters. The predicted octanol–water partition coefficient (Wildman–Crippen LogP) is 4.61. The maximum Gasteiger partial charge on any atom is 0.126 e. The van der Waals surface area contributed by atoms with Crippen LogP contribution in [0, 0.1) is 12.7 Å². The van der Waals surface area contributed by atoms with Gasteiger partial charge in [0.1, 0.15) is 5.82 Å². The Labute approximate surface area is 113 Å². The van der Waals surface area contributed by atoms with E-state index in [2.05, 4.69) is 0 Å². The van der Waals surface area contributed by atoms with E-state index in [1.807, 2.05) is 17.8 Å². The van der Waals surface area contributed by atoms with Crippen molar-refractivity contribution < 1.29 is 9.50 Å². The van der Waals surface area contributed by atoms with Crippen LogP contribution in [-0.4, -0.2) is 10.4 Å². The van der Waals surface area contributed by atoms with Crippen molar-refractivity contribution in [2.45, 2.75) is 62.2 Å². The van der Waals surface area contributed by atoms with Crippen LogP contribution in [0.25, 0.3) is 0 Å². The van der Waals surface area contributed by atoms with Gasteiger partial charge in [0.15, 0.2) is 0 Å². The zero-order valence-corrected chi connectivity index (χ0v) is 11.9. The number of hydrogen-bond acceptors (Lipinski definition) is 2. The summed E-state index contributed by atoms with van der Waals surface area (Å²) < 4.78 is 13.6. The molecular formula is C15H21FOS. The van der Waals surface area contributed by atoms with Crippen LogP contribution in [0.2, 0.25) is 0 Å². The highest BCUT2D eigenvalue weighted by Gasteiger charge is 2.19. The Morgan fingerprint density at radius 3 is 2.56 bits per heavy atom. The first kappa shape index (κ1) is 13.9. The molecule has 1 nitrogen and oxygen atoms in total. The van der Waals surface area contributed by atoms with E-state index in [0.29, 0.717) is 10.8 Å². The van der Waals surface area contributed by atoms with Crippen molar-refractivity contribution >= 4 is 11.8 Å². The quantitative estimate of drug-likeness (QED) is 0.863. The van der Waals surface area contributed by atoms with E-state index in [1.165, 1.54) is 38.2 Å². The summed E-state index contributed by atoms with van der Waals surface area (Å²) in [4.78, 5) is 1.05. The second kappa shape index (κ2) is 6.07. The summed E-state index contributed by atoms with van der Waals surface area (Å²) in [5.41, 5.74) is 1.39. The monoisotopic (exact) mass is 268 g/mol. The number of halogens is 1. The molecule has 0 amide bonds. The molecular weight excluding hydrogens is 247 g/mol. The summed E-state index contributed by atoms with van der Waals surface area (Å²) in [6.45, 7) is 3.49. The molecule has 0 radical (unpaired) electrons. The van der Waals surface area contributed by atoms with Crippen LogP contribution in [-0.2, 0) is 0 Å². The third-order valence-electron chi connectivity index (χ3n) is 3.59. The summed E-state index contributed by atoms with van der Waals surface area (Å²) in [5, 5.41) is 10.4. The molecule has 1 aromatic rings. The van der Waals surface area contributed by atoms with E-state index in [9.17, 15) is 9.50 Å². The minimum absolute atomic E-state index is 0.223. The highest BCUT2D eigenvalue weighted by molar-refractivity contribution is 8.00. The van der Waals surface area contributed by atoms with Gasteiger partial charge in [-0.2, -0.15) is 0 Å². The molecule has 0 saturated heterocycles. The van der Waals surface area contributed by atoms with Gasteiger partial charge in [0.2, 0.25) is 0 Å². The molecule has 1 fully saturated rings. The first-order valence-electron chi connectivity index (χ1n) is 6.72. The molecule has 0 spiro atoms. The van der Waals surface area contributed by atoms with Gasteiger partial charge in [-0.25, -0.2) is 4.39 Å². The van der Waals surface area contributed by atoms with Gasteiger partial charge in [0.25, 0.3) is 0 Å². The zero-order valence-electron chi connectivity index (χ0n) is 11.1. The number of benzene rings is 1. The third kappa shape index (κ3) is 3.27. The molecule has 2 rings (SSSR count). The first-order chi connectivity index (χ1) is 8.58. The Bertz CT molecular complexity index is 411. The highest BCUT2D eigenvalue weighted by Crippen LogP contribution is 2.38. The van der Waals surface area contributed by atoms with Crippen molar-refractivity contribution in [1.29, 1.82) is 0 Å². The van der Waals surface area contributed by atoms with Crippen LogP contribution in [0.4, 0.5) is 4.39 Å². The van der Waals surface area contributed by atoms with Crippen molar-refractivity contribution in [1.82, 2.24) is 0 Å². The summed E-state index contributed by atoms with van der Waals surface area (Å²) >= 11 is 1.82. The molecule has 1 aromatic carbocycles. The van der Waals surface area contributed by atoms with E-state index in [-0.39, 0.29) is 5.82 Å². The Kier molecular flexibility index (Phi) is 4.68. The van der Waals surface area contributed by atoms with Crippen molar-refractivity contribution in [2.24, 2.45) is 0 Å². The van der Waals surface area contributed by atoms with Gasteiger partial charge in [-0.1, -0.05) is 19.3 Å². The lowest BCUT2D eigenvalue weighted by Crippen LogP contribution is -2.09. The van der Waals surface area contributed by atoms with Crippen molar-refractivity contribution in [3.63, 3.8) is 0 Å². The summed E-state index contributed by atoms with van der Waals surface area (Å²) in [5.74, 6) is -0.223. The average Bonchev–Trinajstić information content (AvgIpc) is 2.34. The largest absolute Gasteiger partial charge is 0.389 e. The Morgan fingerprint density at radius 1 is 1.28 bits per heavy atom. The van der Waals surface area contributed by atoms with Crippen LogP contribution < -0.4 is 0 Å². The fourth-order valence-corrected chi connectivity index (χ4v) is 4.00. The zero-order chi connectivity index (χ0) is 13.1. The summed E-state index contributed by atoms with van der Waals surface area (Å²) in [6, 6.07) is 3.38. The van der Waals surface area contributed by atoms with Crippen LogP contribution in [0.1, 0.15) is 56.3 Å². The molecule has 0 bridgehead atoms. The lowest BCUT2D eigenvalue weighted by molar-refractivity contribution is 0.196. The van der Waals surface area contributed by atoms with E-state index >= 15 is 0 Å². The van der Waals surface area contributed by atoms with Crippen LogP contribution >= 0.6 is 11.8 Å². The topological polar surface area (TPSA) is 20.2 Å². The van der Waals surface area contributed by atoms with Crippen LogP contribution in [0.15, 0.2) is 17.0 Å². The number of hydrogen-bond donors (Lipinski definition) is 1. The molecule has 3 heteroatoms. The van der Waals surface area contributed by atoms with E-state index in [1.54, 1.807) is 13.8 Å². The number of aliphatic hydroxyl groups excluding tert-OH is 1. The fourth-order valence-electron chi connectivity index (χ4n) is 2.46. The molecule has 0 aromatic heterocycles. The van der Waals surface area contributed by atoms with E-state index in [4.69, 9.17) is 0 Å². The van der Waals surface area contributed by atoms with E-state index < -0.39 is 6.10 Å². The predicted molar refractivity (Wildman–Crippen MR) is 74.5 cm³/mol.